The van der Waals surface area contributed by atoms with Crippen LogP contribution >= 0.6 is 0 Å². The molecule has 0 saturated carbocycles. The molecule has 3 aromatic rings. The molecule has 22 heavy (non-hydrogen) atoms. The van der Waals surface area contributed by atoms with Crippen LogP contribution in [0.4, 0.5) is 4.39 Å². The van der Waals surface area contributed by atoms with Crippen molar-refractivity contribution in [3.63, 3.8) is 0 Å². The molecule has 112 valence electrons. The van der Waals surface area contributed by atoms with Gasteiger partial charge in [-0.3, -0.25) is 0 Å². The minimum absolute atomic E-state index is 0.297. The molecule has 2 aromatic carbocycles. The largest absolute Gasteiger partial charge is 0.444 e. The van der Waals surface area contributed by atoms with Gasteiger partial charge in [0, 0.05) is 18.7 Å². The average Bonchev–Trinajstić information content (AvgIpc) is 2.98. The van der Waals surface area contributed by atoms with Crippen LogP contribution in [0, 0.1) is 12.7 Å². The van der Waals surface area contributed by atoms with E-state index < -0.39 is 0 Å². The number of hydrogen-bond donors (Lipinski definition) is 1. The maximum atomic E-state index is 13.2. The van der Waals surface area contributed by atoms with E-state index in [9.17, 15) is 4.39 Å². The highest BCUT2D eigenvalue weighted by atomic mass is 19.1. The van der Waals surface area contributed by atoms with Crippen LogP contribution in [0.5, 0.6) is 0 Å². The van der Waals surface area contributed by atoms with Crippen molar-refractivity contribution in [1.29, 1.82) is 0 Å². The molecule has 3 nitrogen and oxygen atoms in total. The first-order valence-electron chi connectivity index (χ1n) is 7.17. The van der Waals surface area contributed by atoms with E-state index in [1.807, 2.05) is 0 Å². The Labute approximate surface area is 128 Å². The van der Waals surface area contributed by atoms with Crippen LogP contribution in [0.15, 0.2) is 59.2 Å². The minimum atomic E-state index is -0.297. The number of aryl methyl sites for hydroxylation is 1. The Bertz CT molecular complexity index is 750. The fourth-order valence-electron chi connectivity index (χ4n) is 2.18. The second kappa shape index (κ2) is 6.54. The normalized spacial score (nSPS) is 10.8. The molecule has 0 aliphatic heterocycles. The van der Waals surface area contributed by atoms with Gasteiger partial charge in [0.05, 0.1) is 5.69 Å². The third-order valence-electron chi connectivity index (χ3n) is 3.38. The van der Waals surface area contributed by atoms with Crippen molar-refractivity contribution in [2.45, 2.75) is 20.0 Å². The third kappa shape index (κ3) is 3.59. The van der Waals surface area contributed by atoms with Crippen molar-refractivity contribution in [3.8, 4) is 11.5 Å². The highest BCUT2D eigenvalue weighted by molar-refractivity contribution is 5.52. The van der Waals surface area contributed by atoms with Gasteiger partial charge in [-0.15, -0.1) is 0 Å². The minimum Gasteiger partial charge on any atom is -0.444 e. The van der Waals surface area contributed by atoms with Crippen LogP contribution in [-0.4, -0.2) is 4.98 Å². The van der Waals surface area contributed by atoms with Gasteiger partial charge in [0.1, 0.15) is 12.1 Å². The number of nitrogens with one attached hydrogen (secondary N) is 1. The van der Waals surface area contributed by atoms with Gasteiger partial charge in [0.25, 0.3) is 0 Å². The first-order chi connectivity index (χ1) is 10.7. The summed E-state index contributed by atoms with van der Waals surface area (Å²) in [5.41, 5.74) is 3.91. The summed E-state index contributed by atoms with van der Waals surface area (Å²) in [6.45, 7) is 3.44. The fraction of sp³-hybridized carbons (Fsp3) is 0.167. The van der Waals surface area contributed by atoms with Gasteiger partial charge in [-0.1, -0.05) is 35.9 Å². The highest BCUT2D eigenvalue weighted by Crippen LogP contribution is 2.19. The Hall–Kier alpha value is -2.46. The van der Waals surface area contributed by atoms with Crippen molar-refractivity contribution >= 4 is 0 Å². The van der Waals surface area contributed by atoms with Crippen LogP contribution in [-0.2, 0) is 13.1 Å². The Morgan fingerprint density at radius 1 is 1.09 bits per heavy atom. The number of oxazole rings is 1. The molecule has 0 unspecified atom stereocenters. The van der Waals surface area contributed by atoms with E-state index in [4.69, 9.17) is 4.42 Å². The standard InChI is InChI=1S/C18H17FN2O/c1-13-5-7-14(8-6-13)10-20-11-17-12-22-18(21-17)15-3-2-4-16(19)9-15/h2-9,12,20H,10-11H2,1H3. The lowest BCUT2D eigenvalue weighted by Gasteiger charge is -2.03. The predicted molar refractivity (Wildman–Crippen MR) is 83.6 cm³/mol. The number of aromatic nitrogens is 1. The maximum Gasteiger partial charge on any atom is 0.226 e. The fourth-order valence-corrected chi connectivity index (χ4v) is 2.18. The number of halogens is 1. The van der Waals surface area contributed by atoms with E-state index in [1.165, 1.54) is 23.3 Å². The number of benzene rings is 2. The predicted octanol–water partition coefficient (Wildman–Crippen LogP) is 4.08. The molecule has 1 N–H and O–H groups in total. The Morgan fingerprint density at radius 3 is 2.68 bits per heavy atom. The summed E-state index contributed by atoms with van der Waals surface area (Å²) in [6.07, 6.45) is 1.60. The summed E-state index contributed by atoms with van der Waals surface area (Å²) in [6, 6.07) is 14.6. The molecule has 0 atom stereocenters. The summed E-state index contributed by atoms with van der Waals surface area (Å²) >= 11 is 0. The number of nitrogens with zero attached hydrogens (tertiary/aromatic N) is 1. The summed E-state index contributed by atoms with van der Waals surface area (Å²) in [5.74, 6) is 0.140. The van der Waals surface area contributed by atoms with Gasteiger partial charge in [-0.05, 0) is 30.7 Å². The molecular formula is C18H17FN2O. The molecule has 0 spiro atoms. The highest BCUT2D eigenvalue weighted by Gasteiger charge is 2.07. The molecular weight excluding hydrogens is 279 g/mol. The van der Waals surface area contributed by atoms with Gasteiger partial charge in [0.2, 0.25) is 5.89 Å². The lowest BCUT2D eigenvalue weighted by atomic mass is 10.1. The van der Waals surface area contributed by atoms with E-state index in [2.05, 4.69) is 41.5 Å². The molecule has 0 aliphatic rings. The zero-order chi connectivity index (χ0) is 15.4. The summed E-state index contributed by atoms with van der Waals surface area (Å²) in [7, 11) is 0. The van der Waals surface area contributed by atoms with E-state index in [-0.39, 0.29) is 5.82 Å². The van der Waals surface area contributed by atoms with Crippen molar-refractivity contribution in [2.24, 2.45) is 0 Å². The second-order valence-electron chi connectivity index (χ2n) is 5.24. The van der Waals surface area contributed by atoms with Gasteiger partial charge >= 0.3 is 0 Å². The second-order valence-corrected chi connectivity index (χ2v) is 5.24. The number of rotatable bonds is 5. The molecule has 0 bridgehead atoms. The van der Waals surface area contributed by atoms with Crippen LogP contribution in [0.3, 0.4) is 0 Å². The Kier molecular flexibility index (Phi) is 4.30. The lowest BCUT2D eigenvalue weighted by molar-refractivity contribution is 0.568. The molecule has 1 heterocycles. The monoisotopic (exact) mass is 296 g/mol. The van der Waals surface area contributed by atoms with Crippen molar-refractivity contribution in [2.75, 3.05) is 0 Å². The molecule has 0 aliphatic carbocycles. The van der Waals surface area contributed by atoms with Gasteiger partial charge < -0.3 is 9.73 Å². The van der Waals surface area contributed by atoms with E-state index >= 15 is 0 Å². The zero-order valence-corrected chi connectivity index (χ0v) is 12.3. The topological polar surface area (TPSA) is 38.1 Å². The van der Waals surface area contributed by atoms with Crippen LogP contribution in [0.2, 0.25) is 0 Å². The molecule has 1 aromatic heterocycles. The molecule has 3 rings (SSSR count). The van der Waals surface area contributed by atoms with E-state index in [0.29, 0.717) is 18.0 Å². The molecule has 0 amide bonds. The molecule has 0 saturated heterocycles. The average molecular weight is 296 g/mol. The summed E-state index contributed by atoms with van der Waals surface area (Å²) in [4.78, 5) is 4.37. The van der Waals surface area contributed by atoms with Crippen LogP contribution < -0.4 is 5.32 Å². The van der Waals surface area contributed by atoms with Gasteiger partial charge in [-0.2, -0.15) is 0 Å². The van der Waals surface area contributed by atoms with Gasteiger partial charge in [0.15, 0.2) is 0 Å². The Balaban J connectivity index is 1.59. The Morgan fingerprint density at radius 2 is 1.91 bits per heavy atom. The quantitative estimate of drug-likeness (QED) is 0.771. The van der Waals surface area contributed by atoms with Crippen molar-refractivity contribution in [3.05, 3.63) is 77.4 Å². The van der Waals surface area contributed by atoms with Crippen LogP contribution in [0.25, 0.3) is 11.5 Å². The summed E-state index contributed by atoms with van der Waals surface area (Å²) in [5, 5.41) is 3.32. The molecule has 4 heteroatoms. The smallest absolute Gasteiger partial charge is 0.226 e. The van der Waals surface area contributed by atoms with Crippen LogP contribution in [0.1, 0.15) is 16.8 Å². The number of hydrogen-bond acceptors (Lipinski definition) is 3. The summed E-state index contributed by atoms with van der Waals surface area (Å²) < 4.78 is 18.6. The molecule has 0 radical (unpaired) electrons. The first kappa shape index (κ1) is 14.5. The van der Waals surface area contributed by atoms with E-state index in [0.717, 1.165) is 12.2 Å². The van der Waals surface area contributed by atoms with Crippen molar-refractivity contribution in [1.82, 2.24) is 10.3 Å². The molecule has 0 fully saturated rings. The van der Waals surface area contributed by atoms with Gasteiger partial charge in [-0.25, -0.2) is 9.37 Å². The zero-order valence-electron chi connectivity index (χ0n) is 12.3. The third-order valence-corrected chi connectivity index (χ3v) is 3.38. The maximum absolute atomic E-state index is 13.2. The van der Waals surface area contributed by atoms with E-state index in [1.54, 1.807) is 18.4 Å². The first-order valence-corrected chi connectivity index (χ1v) is 7.17. The SMILES string of the molecule is Cc1ccc(CNCc2coc(-c3cccc(F)c3)n2)cc1. The lowest BCUT2D eigenvalue weighted by Crippen LogP contribution is -2.12. The van der Waals surface area contributed by atoms with Crippen molar-refractivity contribution < 1.29 is 8.81 Å².